The Morgan fingerprint density at radius 1 is 1.33 bits per heavy atom. The van der Waals surface area contributed by atoms with Crippen molar-refractivity contribution in [2.45, 2.75) is 26.2 Å². The van der Waals surface area contributed by atoms with Crippen molar-refractivity contribution >= 4 is 5.97 Å². The molecule has 0 radical (unpaired) electrons. The zero-order valence-electron chi connectivity index (χ0n) is 10.3. The predicted molar refractivity (Wildman–Crippen MR) is 69.4 cm³/mol. The van der Waals surface area contributed by atoms with E-state index in [-0.39, 0.29) is 6.42 Å². The monoisotopic (exact) mass is 244 g/mol. The van der Waals surface area contributed by atoms with Gasteiger partial charge in [0.1, 0.15) is 0 Å². The first-order valence-corrected chi connectivity index (χ1v) is 6.04. The highest BCUT2D eigenvalue weighted by atomic mass is 16.4. The summed E-state index contributed by atoms with van der Waals surface area (Å²) in [7, 11) is 0. The fourth-order valence-corrected chi connectivity index (χ4v) is 1.99. The molecule has 0 saturated heterocycles. The summed E-state index contributed by atoms with van der Waals surface area (Å²) >= 11 is 0. The van der Waals surface area contributed by atoms with Crippen LogP contribution >= 0.6 is 0 Å². The number of benzene rings is 1. The van der Waals surface area contributed by atoms with E-state index in [9.17, 15) is 4.79 Å². The van der Waals surface area contributed by atoms with Crippen LogP contribution in [0.5, 0.6) is 0 Å². The molecule has 94 valence electrons. The highest BCUT2D eigenvalue weighted by molar-refractivity contribution is 5.75. The first-order valence-electron chi connectivity index (χ1n) is 6.04. The lowest BCUT2D eigenvalue weighted by atomic mass is 10.0. The number of carboxylic acids is 1. The van der Waals surface area contributed by atoms with E-state index in [1.807, 2.05) is 12.1 Å². The van der Waals surface area contributed by atoms with Crippen LogP contribution in [0.1, 0.15) is 24.6 Å². The molecular weight excluding hydrogens is 228 g/mol. The fourth-order valence-electron chi connectivity index (χ4n) is 1.99. The first kappa shape index (κ1) is 12.4. The Kier molecular flexibility index (Phi) is 3.77. The number of nitrogens with zero attached hydrogens (tertiary/aromatic N) is 1. The summed E-state index contributed by atoms with van der Waals surface area (Å²) in [4.78, 5) is 10.7. The van der Waals surface area contributed by atoms with Crippen molar-refractivity contribution in [3.8, 4) is 11.1 Å². The molecule has 0 aliphatic heterocycles. The molecule has 4 nitrogen and oxygen atoms in total. The van der Waals surface area contributed by atoms with Gasteiger partial charge in [0.05, 0.1) is 18.3 Å². The molecule has 1 aromatic carbocycles. The van der Waals surface area contributed by atoms with Crippen molar-refractivity contribution in [3.63, 3.8) is 0 Å². The minimum atomic E-state index is -0.858. The number of aromatic nitrogens is 2. The van der Waals surface area contributed by atoms with E-state index in [2.05, 4.69) is 29.3 Å². The van der Waals surface area contributed by atoms with Gasteiger partial charge in [0, 0.05) is 5.56 Å². The quantitative estimate of drug-likeness (QED) is 0.849. The lowest BCUT2D eigenvalue weighted by molar-refractivity contribution is -0.136. The molecule has 0 saturated carbocycles. The van der Waals surface area contributed by atoms with E-state index in [1.165, 1.54) is 5.56 Å². The smallest absolute Gasteiger partial charge is 0.309 e. The van der Waals surface area contributed by atoms with Crippen LogP contribution in [0.15, 0.2) is 30.5 Å². The van der Waals surface area contributed by atoms with E-state index in [0.717, 1.165) is 24.0 Å². The highest BCUT2D eigenvalue weighted by Gasteiger charge is 2.10. The zero-order valence-corrected chi connectivity index (χ0v) is 10.3. The van der Waals surface area contributed by atoms with Crippen molar-refractivity contribution in [2.75, 3.05) is 0 Å². The van der Waals surface area contributed by atoms with Crippen molar-refractivity contribution in [2.24, 2.45) is 0 Å². The maximum Gasteiger partial charge on any atom is 0.309 e. The minimum absolute atomic E-state index is 0.0357. The van der Waals surface area contributed by atoms with Crippen LogP contribution < -0.4 is 0 Å². The van der Waals surface area contributed by atoms with Crippen LogP contribution in [0.25, 0.3) is 11.1 Å². The van der Waals surface area contributed by atoms with Gasteiger partial charge < -0.3 is 5.11 Å². The van der Waals surface area contributed by atoms with Gasteiger partial charge in [-0.2, -0.15) is 5.10 Å². The molecule has 0 aliphatic rings. The van der Waals surface area contributed by atoms with Crippen molar-refractivity contribution in [1.82, 2.24) is 10.2 Å². The van der Waals surface area contributed by atoms with Gasteiger partial charge >= 0.3 is 5.97 Å². The summed E-state index contributed by atoms with van der Waals surface area (Å²) in [5.41, 5.74) is 3.80. The number of carboxylic acid groups (broad SMARTS) is 1. The average Bonchev–Trinajstić information content (AvgIpc) is 2.78. The molecule has 0 unspecified atom stereocenters. The maximum absolute atomic E-state index is 10.7. The lowest BCUT2D eigenvalue weighted by Crippen LogP contribution is -2.01. The van der Waals surface area contributed by atoms with Crippen LogP contribution in [-0.2, 0) is 17.6 Å². The maximum atomic E-state index is 10.7. The molecule has 2 rings (SSSR count). The summed E-state index contributed by atoms with van der Waals surface area (Å²) in [6.07, 6.45) is 3.82. The van der Waals surface area contributed by atoms with Crippen molar-refractivity contribution in [3.05, 3.63) is 41.7 Å². The molecular formula is C14H16N2O2. The summed E-state index contributed by atoms with van der Waals surface area (Å²) in [5, 5.41) is 15.5. The Morgan fingerprint density at radius 3 is 2.67 bits per heavy atom. The molecule has 1 heterocycles. The summed E-state index contributed by atoms with van der Waals surface area (Å²) in [6, 6.07) is 8.19. The minimum Gasteiger partial charge on any atom is -0.481 e. The largest absolute Gasteiger partial charge is 0.481 e. The number of hydrogen-bond acceptors (Lipinski definition) is 2. The van der Waals surface area contributed by atoms with Crippen LogP contribution in [0.4, 0.5) is 0 Å². The van der Waals surface area contributed by atoms with Crippen molar-refractivity contribution in [1.29, 1.82) is 0 Å². The van der Waals surface area contributed by atoms with Gasteiger partial charge in [-0.15, -0.1) is 0 Å². The molecule has 0 amide bonds. The lowest BCUT2D eigenvalue weighted by Gasteiger charge is -2.03. The number of aliphatic carboxylic acids is 1. The van der Waals surface area contributed by atoms with Gasteiger partial charge in [0.15, 0.2) is 0 Å². The number of rotatable bonds is 5. The normalized spacial score (nSPS) is 10.5. The Morgan fingerprint density at radius 2 is 2.06 bits per heavy atom. The third kappa shape index (κ3) is 2.77. The summed E-state index contributed by atoms with van der Waals surface area (Å²) < 4.78 is 0. The third-order valence-electron chi connectivity index (χ3n) is 2.85. The standard InChI is InChI=1S/C14H16N2O2/c1-2-3-10-4-6-11(7-5-10)12-9-15-16-13(12)8-14(17)18/h4-7,9H,2-3,8H2,1H3,(H,15,16)(H,17,18). The predicted octanol–water partition coefficient (Wildman–Crippen LogP) is 2.66. The van der Waals surface area contributed by atoms with E-state index >= 15 is 0 Å². The average molecular weight is 244 g/mol. The molecule has 2 aromatic rings. The Bertz CT molecular complexity index is 529. The first-order chi connectivity index (χ1) is 8.70. The topological polar surface area (TPSA) is 66.0 Å². The Labute approximate surface area is 106 Å². The molecule has 1 aromatic heterocycles. The van der Waals surface area contributed by atoms with E-state index in [0.29, 0.717) is 5.69 Å². The number of carbonyl (C=O) groups is 1. The van der Waals surface area contributed by atoms with Crippen molar-refractivity contribution < 1.29 is 9.90 Å². The highest BCUT2D eigenvalue weighted by Crippen LogP contribution is 2.23. The molecule has 0 fully saturated rings. The number of aryl methyl sites for hydroxylation is 1. The molecule has 0 bridgehead atoms. The van der Waals surface area contributed by atoms with Gasteiger partial charge in [-0.1, -0.05) is 37.6 Å². The zero-order chi connectivity index (χ0) is 13.0. The van der Waals surface area contributed by atoms with Crippen LogP contribution in [0.3, 0.4) is 0 Å². The molecule has 4 heteroatoms. The van der Waals surface area contributed by atoms with Crippen LogP contribution in [0.2, 0.25) is 0 Å². The number of aromatic amines is 1. The number of nitrogens with one attached hydrogen (secondary N) is 1. The van der Waals surface area contributed by atoms with Gasteiger partial charge in [0.2, 0.25) is 0 Å². The Hall–Kier alpha value is -2.10. The second-order valence-electron chi connectivity index (χ2n) is 4.28. The van der Waals surface area contributed by atoms with E-state index in [4.69, 9.17) is 5.11 Å². The SMILES string of the molecule is CCCc1ccc(-c2cn[nH]c2CC(=O)O)cc1. The van der Waals surface area contributed by atoms with Gasteiger partial charge in [-0.25, -0.2) is 0 Å². The number of hydrogen-bond donors (Lipinski definition) is 2. The molecule has 0 spiro atoms. The van der Waals surface area contributed by atoms with Gasteiger partial charge in [0.25, 0.3) is 0 Å². The summed E-state index contributed by atoms with van der Waals surface area (Å²) in [5.74, 6) is -0.858. The van der Waals surface area contributed by atoms with Crippen LogP contribution in [-0.4, -0.2) is 21.3 Å². The second-order valence-corrected chi connectivity index (χ2v) is 4.28. The molecule has 18 heavy (non-hydrogen) atoms. The number of H-pyrrole nitrogens is 1. The molecule has 0 aliphatic carbocycles. The van der Waals surface area contributed by atoms with Gasteiger partial charge in [-0.3, -0.25) is 9.89 Å². The van der Waals surface area contributed by atoms with E-state index < -0.39 is 5.97 Å². The van der Waals surface area contributed by atoms with E-state index in [1.54, 1.807) is 6.20 Å². The summed E-state index contributed by atoms with van der Waals surface area (Å²) in [6.45, 7) is 2.15. The Balaban J connectivity index is 2.25. The molecule has 0 atom stereocenters. The third-order valence-corrected chi connectivity index (χ3v) is 2.85. The molecule has 2 N–H and O–H groups in total. The van der Waals surface area contributed by atoms with Crippen LogP contribution in [0, 0.1) is 0 Å². The fraction of sp³-hybridized carbons (Fsp3) is 0.286. The second kappa shape index (κ2) is 5.49. The van der Waals surface area contributed by atoms with Gasteiger partial charge in [-0.05, 0) is 17.5 Å².